The quantitative estimate of drug-likeness (QED) is 0.847. The number of methoxy groups -OCH3 is 2. The molecule has 0 spiro atoms. The minimum Gasteiger partial charge on any atom is -0.495 e. The maximum atomic E-state index is 13.6. The van der Waals surface area contributed by atoms with Crippen LogP contribution in [0.5, 0.6) is 11.5 Å². The summed E-state index contributed by atoms with van der Waals surface area (Å²) in [5.74, 6) is 0.341. The van der Waals surface area contributed by atoms with Crippen molar-refractivity contribution in [1.82, 2.24) is 0 Å². The van der Waals surface area contributed by atoms with Crippen LogP contribution in [-0.4, -0.2) is 20.1 Å². The fourth-order valence-corrected chi connectivity index (χ4v) is 3.39. The maximum Gasteiger partial charge on any atom is 0.235 e. The molecule has 0 aromatic heterocycles. The summed E-state index contributed by atoms with van der Waals surface area (Å²) in [7, 11) is 3.00. The van der Waals surface area contributed by atoms with Crippen LogP contribution in [0.15, 0.2) is 36.4 Å². The first-order valence-electron chi connectivity index (χ1n) is 7.99. The number of halogens is 2. The third kappa shape index (κ3) is 3.16. The molecule has 1 aliphatic carbocycles. The fraction of sp³-hybridized carbons (Fsp3) is 0.316. The molecule has 132 valence electrons. The summed E-state index contributed by atoms with van der Waals surface area (Å²) in [5, 5.41) is 3.29. The normalized spacial score (nSPS) is 15.2. The lowest BCUT2D eigenvalue weighted by molar-refractivity contribution is -0.124. The van der Waals surface area contributed by atoms with Crippen molar-refractivity contribution in [3.8, 4) is 11.5 Å². The van der Waals surface area contributed by atoms with E-state index in [4.69, 9.17) is 21.1 Å². The van der Waals surface area contributed by atoms with E-state index in [0.29, 0.717) is 40.6 Å². The summed E-state index contributed by atoms with van der Waals surface area (Å²) < 4.78 is 24.1. The highest BCUT2D eigenvalue weighted by molar-refractivity contribution is 6.32. The molecule has 4 nitrogen and oxygen atoms in total. The van der Waals surface area contributed by atoms with Gasteiger partial charge in [0.2, 0.25) is 5.91 Å². The van der Waals surface area contributed by atoms with Crippen molar-refractivity contribution in [2.75, 3.05) is 19.5 Å². The smallest absolute Gasteiger partial charge is 0.235 e. The van der Waals surface area contributed by atoms with E-state index in [1.807, 2.05) is 0 Å². The van der Waals surface area contributed by atoms with Gasteiger partial charge in [-0.15, -0.1) is 0 Å². The van der Waals surface area contributed by atoms with Crippen LogP contribution in [0.3, 0.4) is 0 Å². The summed E-state index contributed by atoms with van der Waals surface area (Å²) in [6.07, 6.45) is 2.27. The second-order valence-electron chi connectivity index (χ2n) is 6.09. The van der Waals surface area contributed by atoms with E-state index in [9.17, 15) is 9.18 Å². The first-order valence-corrected chi connectivity index (χ1v) is 8.37. The largest absolute Gasteiger partial charge is 0.495 e. The number of amides is 1. The fourth-order valence-electron chi connectivity index (χ4n) is 3.16. The van der Waals surface area contributed by atoms with E-state index in [1.165, 1.54) is 26.4 Å². The molecule has 0 unspecified atom stereocenters. The lowest BCUT2D eigenvalue weighted by Crippen LogP contribution is -2.46. The second kappa shape index (κ2) is 6.92. The molecule has 2 aromatic rings. The van der Waals surface area contributed by atoms with Crippen molar-refractivity contribution in [3.05, 3.63) is 52.8 Å². The third-order valence-electron chi connectivity index (χ3n) is 4.74. The monoisotopic (exact) mass is 363 g/mol. The minimum absolute atomic E-state index is 0.188. The van der Waals surface area contributed by atoms with Gasteiger partial charge < -0.3 is 14.8 Å². The molecule has 6 heteroatoms. The molecule has 0 atom stereocenters. The van der Waals surface area contributed by atoms with Gasteiger partial charge in [0, 0.05) is 12.1 Å². The van der Waals surface area contributed by atoms with Crippen molar-refractivity contribution in [2.45, 2.75) is 24.7 Å². The van der Waals surface area contributed by atoms with Crippen LogP contribution in [0.1, 0.15) is 24.8 Å². The average Bonchev–Trinajstić information content (AvgIpc) is 2.55. The van der Waals surface area contributed by atoms with Gasteiger partial charge in [-0.25, -0.2) is 4.39 Å². The second-order valence-corrected chi connectivity index (χ2v) is 6.49. The van der Waals surface area contributed by atoms with Crippen molar-refractivity contribution < 1.29 is 18.7 Å². The summed E-state index contributed by atoms with van der Waals surface area (Å²) in [6, 6.07) is 9.44. The predicted molar refractivity (Wildman–Crippen MR) is 95.1 cm³/mol. The van der Waals surface area contributed by atoms with E-state index < -0.39 is 5.41 Å². The van der Waals surface area contributed by atoms with Crippen LogP contribution in [-0.2, 0) is 10.2 Å². The van der Waals surface area contributed by atoms with E-state index in [1.54, 1.807) is 24.3 Å². The van der Waals surface area contributed by atoms with Gasteiger partial charge in [0.15, 0.2) is 0 Å². The molecule has 0 heterocycles. The number of hydrogen-bond donors (Lipinski definition) is 1. The SMILES string of the molecule is COc1cc(NC(=O)C2(c3cccc(F)c3)CCC2)c(OC)cc1Cl. The Balaban J connectivity index is 1.93. The van der Waals surface area contributed by atoms with Gasteiger partial charge in [-0.2, -0.15) is 0 Å². The zero-order valence-electron chi connectivity index (χ0n) is 14.1. The molecule has 2 aromatic carbocycles. The maximum absolute atomic E-state index is 13.6. The summed E-state index contributed by atoms with van der Waals surface area (Å²) in [4.78, 5) is 13.0. The molecule has 0 aliphatic heterocycles. The number of hydrogen-bond acceptors (Lipinski definition) is 3. The average molecular weight is 364 g/mol. The molecule has 0 saturated heterocycles. The Bertz CT molecular complexity index is 805. The van der Waals surface area contributed by atoms with Crippen LogP contribution in [0, 0.1) is 5.82 Å². The molecular formula is C19H19ClFNO3. The van der Waals surface area contributed by atoms with Gasteiger partial charge in [-0.3, -0.25) is 4.79 Å². The number of benzene rings is 2. The lowest BCUT2D eigenvalue weighted by atomic mass is 9.63. The van der Waals surface area contributed by atoms with Crippen LogP contribution in [0.2, 0.25) is 5.02 Å². The van der Waals surface area contributed by atoms with Crippen molar-refractivity contribution in [2.24, 2.45) is 0 Å². The number of carbonyl (C=O) groups excluding carboxylic acids is 1. The first kappa shape index (κ1) is 17.5. The number of nitrogens with one attached hydrogen (secondary N) is 1. The number of carbonyl (C=O) groups is 1. The van der Waals surface area contributed by atoms with Gasteiger partial charge in [-0.1, -0.05) is 30.2 Å². The highest BCUT2D eigenvalue weighted by Gasteiger charge is 2.46. The summed E-state index contributed by atoms with van der Waals surface area (Å²) in [5.41, 5.74) is 0.438. The zero-order valence-corrected chi connectivity index (χ0v) is 14.8. The summed E-state index contributed by atoms with van der Waals surface area (Å²) in [6.45, 7) is 0. The Labute approximate surface area is 150 Å². The van der Waals surface area contributed by atoms with Crippen LogP contribution < -0.4 is 14.8 Å². The van der Waals surface area contributed by atoms with Gasteiger partial charge >= 0.3 is 0 Å². The molecule has 1 N–H and O–H groups in total. The van der Waals surface area contributed by atoms with Crippen LogP contribution in [0.25, 0.3) is 0 Å². The van der Waals surface area contributed by atoms with Crippen molar-refractivity contribution in [3.63, 3.8) is 0 Å². The molecule has 1 saturated carbocycles. The zero-order chi connectivity index (χ0) is 18.0. The highest BCUT2D eigenvalue weighted by Crippen LogP contribution is 2.45. The minimum atomic E-state index is -0.722. The van der Waals surface area contributed by atoms with E-state index in [2.05, 4.69) is 5.32 Å². The Kier molecular flexibility index (Phi) is 4.86. The topological polar surface area (TPSA) is 47.6 Å². The lowest BCUT2D eigenvalue weighted by Gasteiger charge is -2.40. The summed E-state index contributed by atoms with van der Waals surface area (Å²) >= 11 is 6.10. The van der Waals surface area contributed by atoms with Crippen molar-refractivity contribution >= 4 is 23.2 Å². The predicted octanol–water partition coefficient (Wildman–Crippen LogP) is 4.56. The molecule has 0 radical (unpaired) electrons. The Morgan fingerprint density at radius 2 is 1.88 bits per heavy atom. The van der Waals surface area contributed by atoms with Crippen LogP contribution in [0.4, 0.5) is 10.1 Å². The van der Waals surface area contributed by atoms with Gasteiger partial charge in [-0.05, 0) is 30.5 Å². The molecule has 0 bridgehead atoms. The molecule has 3 rings (SSSR count). The van der Waals surface area contributed by atoms with Crippen molar-refractivity contribution in [1.29, 1.82) is 0 Å². The van der Waals surface area contributed by atoms with E-state index >= 15 is 0 Å². The Morgan fingerprint density at radius 1 is 1.16 bits per heavy atom. The van der Waals surface area contributed by atoms with E-state index in [0.717, 1.165) is 6.42 Å². The Morgan fingerprint density at radius 3 is 2.44 bits per heavy atom. The van der Waals surface area contributed by atoms with Gasteiger partial charge in [0.25, 0.3) is 0 Å². The van der Waals surface area contributed by atoms with Crippen LogP contribution >= 0.6 is 11.6 Å². The number of anilines is 1. The van der Waals surface area contributed by atoms with Gasteiger partial charge in [0.05, 0.1) is 30.3 Å². The standard InChI is InChI=1S/C19H19ClFNO3/c1-24-16-11-15(17(25-2)10-14(16)20)22-18(23)19(7-4-8-19)12-5-3-6-13(21)9-12/h3,5-6,9-11H,4,7-8H2,1-2H3,(H,22,23). The number of ether oxygens (including phenoxy) is 2. The third-order valence-corrected chi connectivity index (χ3v) is 5.04. The number of rotatable bonds is 5. The first-order chi connectivity index (χ1) is 12.0. The molecule has 1 amide bonds. The van der Waals surface area contributed by atoms with E-state index in [-0.39, 0.29) is 11.7 Å². The molecule has 1 aliphatic rings. The highest BCUT2D eigenvalue weighted by atomic mass is 35.5. The molecule has 1 fully saturated rings. The molecule has 25 heavy (non-hydrogen) atoms. The Hall–Kier alpha value is -2.27. The molecular weight excluding hydrogens is 345 g/mol. The van der Waals surface area contributed by atoms with Gasteiger partial charge in [0.1, 0.15) is 17.3 Å².